The first-order valence-corrected chi connectivity index (χ1v) is 10.9. The molecule has 6 unspecified atom stereocenters. The summed E-state index contributed by atoms with van der Waals surface area (Å²) in [5.41, 5.74) is 5.02. The minimum atomic E-state index is -0.450. The molecule has 0 aromatic carbocycles. The lowest BCUT2D eigenvalue weighted by atomic mass is 9.90. The van der Waals surface area contributed by atoms with E-state index in [1.165, 1.54) is 63.5 Å². The molecule has 0 spiro atoms. The molecule has 1 aromatic heterocycles. The van der Waals surface area contributed by atoms with Crippen molar-refractivity contribution < 1.29 is 14.0 Å². The summed E-state index contributed by atoms with van der Waals surface area (Å²) in [6.45, 7) is 0. The quantitative estimate of drug-likeness (QED) is 0.568. The first-order chi connectivity index (χ1) is 14.2. The minimum absolute atomic E-state index is 0.0670. The molecule has 0 saturated heterocycles. The maximum Gasteiger partial charge on any atom is 0.307 e. The Morgan fingerprint density at radius 1 is 0.793 bits per heavy atom. The maximum atomic E-state index is 12.2. The third kappa shape index (κ3) is 3.87. The molecule has 4 saturated carbocycles. The van der Waals surface area contributed by atoms with Gasteiger partial charge in [-0.15, -0.1) is 0 Å². The highest BCUT2D eigenvalue weighted by Crippen LogP contribution is 2.48. The van der Waals surface area contributed by atoms with Crippen LogP contribution in [0.2, 0.25) is 0 Å². The normalized spacial score (nSPS) is 35.2. The molecule has 4 bridgehead atoms. The average molecular weight is 396 g/mol. The Labute approximate surface area is 170 Å². The van der Waals surface area contributed by atoms with E-state index in [2.05, 4.69) is 21.1 Å². The number of hydrazone groups is 2. The summed E-state index contributed by atoms with van der Waals surface area (Å²) in [6, 6.07) is 2.97. The number of hydrogen-bond acceptors (Lipinski definition) is 5. The highest BCUT2D eigenvalue weighted by molar-refractivity contribution is 5.95. The van der Waals surface area contributed by atoms with Crippen LogP contribution in [-0.2, 0) is 0 Å². The highest BCUT2D eigenvalue weighted by Gasteiger charge is 2.39. The Bertz CT molecular complexity index is 778. The van der Waals surface area contributed by atoms with Crippen molar-refractivity contribution in [1.82, 2.24) is 10.9 Å². The first kappa shape index (κ1) is 18.6. The Morgan fingerprint density at radius 2 is 1.28 bits per heavy atom. The second kappa shape index (κ2) is 7.76. The molecule has 0 aliphatic heterocycles. The Balaban J connectivity index is 1.10. The standard InChI is InChI=1S/C22H28N4O3/c27-21(25-23-11-17-9-13-1-3-15(17)7-13)19-5-6-20(29-19)22(28)26-24-12-18-10-14-2-4-16(18)8-14/h5-6,11-18H,1-4,7-10H2,(H,25,27)(H,26,28)/b23-11+,24-12+. The number of nitrogens with one attached hydrogen (secondary N) is 2. The van der Waals surface area contributed by atoms with Gasteiger partial charge in [-0.1, -0.05) is 12.8 Å². The summed E-state index contributed by atoms with van der Waals surface area (Å²) in [5, 5.41) is 8.21. The van der Waals surface area contributed by atoms with E-state index in [1.54, 1.807) is 0 Å². The molecule has 7 heteroatoms. The fourth-order valence-corrected chi connectivity index (χ4v) is 6.03. The third-order valence-electron chi connectivity index (χ3n) is 7.50. The lowest BCUT2D eigenvalue weighted by molar-refractivity contribution is 0.0902. The van der Waals surface area contributed by atoms with Gasteiger partial charge in [0.1, 0.15) is 0 Å². The first-order valence-electron chi connectivity index (χ1n) is 10.9. The molecule has 4 aliphatic rings. The van der Waals surface area contributed by atoms with Gasteiger partial charge in [0.2, 0.25) is 0 Å². The monoisotopic (exact) mass is 396 g/mol. The molecule has 0 radical (unpaired) electrons. The van der Waals surface area contributed by atoms with Crippen LogP contribution in [0.5, 0.6) is 0 Å². The van der Waals surface area contributed by atoms with Crippen LogP contribution in [0, 0.1) is 35.5 Å². The largest absolute Gasteiger partial charge is 0.446 e. The van der Waals surface area contributed by atoms with E-state index in [0.717, 1.165) is 23.7 Å². The number of furan rings is 1. The van der Waals surface area contributed by atoms with Crippen LogP contribution in [-0.4, -0.2) is 24.2 Å². The summed E-state index contributed by atoms with van der Waals surface area (Å²) in [5.74, 6) is 3.30. The summed E-state index contributed by atoms with van der Waals surface area (Å²) in [4.78, 5) is 24.4. The fraction of sp³-hybridized carbons (Fsp3) is 0.636. The SMILES string of the molecule is O=C(N/N=C/C1CC2CCC1C2)c1ccc(C(=O)N/N=C/C2CC3CCC2C3)o1. The van der Waals surface area contributed by atoms with Crippen LogP contribution in [0.25, 0.3) is 0 Å². The molecule has 4 fully saturated rings. The molecule has 1 aromatic rings. The summed E-state index contributed by atoms with van der Waals surface area (Å²) >= 11 is 0. The van der Waals surface area contributed by atoms with Gasteiger partial charge in [0.05, 0.1) is 0 Å². The van der Waals surface area contributed by atoms with E-state index in [1.807, 2.05) is 12.4 Å². The van der Waals surface area contributed by atoms with Crippen molar-refractivity contribution in [1.29, 1.82) is 0 Å². The number of rotatable bonds is 6. The van der Waals surface area contributed by atoms with Crippen molar-refractivity contribution >= 4 is 24.2 Å². The molecule has 1 heterocycles. The lowest BCUT2D eigenvalue weighted by Crippen LogP contribution is -2.20. The Kier molecular flexibility index (Phi) is 4.97. The number of carbonyl (C=O) groups is 2. The summed E-state index contributed by atoms with van der Waals surface area (Å²) in [6.07, 6.45) is 13.9. The molecule has 154 valence electrons. The third-order valence-corrected chi connectivity index (χ3v) is 7.50. The van der Waals surface area contributed by atoms with Crippen molar-refractivity contribution in [3.05, 3.63) is 23.7 Å². The van der Waals surface area contributed by atoms with E-state index in [4.69, 9.17) is 4.42 Å². The van der Waals surface area contributed by atoms with Crippen LogP contribution in [0.15, 0.2) is 26.8 Å². The Hall–Kier alpha value is -2.44. The number of carbonyl (C=O) groups excluding carboxylic acids is 2. The van der Waals surface area contributed by atoms with E-state index in [0.29, 0.717) is 11.8 Å². The second-order valence-electron chi connectivity index (χ2n) is 9.28. The molecule has 5 rings (SSSR count). The smallest absolute Gasteiger partial charge is 0.307 e. The van der Waals surface area contributed by atoms with Gasteiger partial charge in [0.15, 0.2) is 11.5 Å². The highest BCUT2D eigenvalue weighted by atomic mass is 16.4. The van der Waals surface area contributed by atoms with Crippen molar-refractivity contribution in [3.63, 3.8) is 0 Å². The zero-order valence-corrected chi connectivity index (χ0v) is 16.5. The molecule has 4 aliphatic carbocycles. The minimum Gasteiger partial charge on any atom is -0.446 e. The van der Waals surface area contributed by atoms with Crippen LogP contribution >= 0.6 is 0 Å². The number of hydrogen-bond donors (Lipinski definition) is 2. The lowest BCUT2D eigenvalue weighted by Gasteiger charge is -2.16. The molecule has 6 atom stereocenters. The number of amides is 2. The van der Waals surface area contributed by atoms with Crippen molar-refractivity contribution in [2.45, 2.75) is 51.4 Å². The molecule has 2 amide bonds. The Morgan fingerprint density at radius 3 is 1.66 bits per heavy atom. The van der Waals surface area contributed by atoms with E-state index >= 15 is 0 Å². The number of fused-ring (bicyclic) bond motifs is 4. The van der Waals surface area contributed by atoms with E-state index in [9.17, 15) is 9.59 Å². The van der Waals surface area contributed by atoms with Gasteiger partial charge in [0, 0.05) is 12.4 Å². The van der Waals surface area contributed by atoms with Crippen LogP contribution < -0.4 is 10.9 Å². The van der Waals surface area contributed by atoms with Gasteiger partial charge in [0.25, 0.3) is 0 Å². The fourth-order valence-electron chi connectivity index (χ4n) is 6.03. The van der Waals surface area contributed by atoms with Gasteiger partial charge in [-0.3, -0.25) is 9.59 Å². The maximum absolute atomic E-state index is 12.2. The van der Waals surface area contributed by atoms with E-state index in [-0.39, 0.29) is 11.5 Å². The second-order valence-corrected chi connectivity index (χ2v) is 9.28. The topological polar surface area (TPSA) is 96.1 Å². The number of nitrogens with zero attached hydrogens (tertiary/aromatic N) is 2. The van der Waals surface area contributed by atoms with Crippen molar-refractivity contribution in [3.8, 4) is 0 Å². The van der Waals surface area contributed by atoms with Gasteiger partial charge < -0.3 is 4.42 Å². The zero-order chi connectivity index (χ0) is 19.8. The van der Waals surface area contributed by atoms with Crippen LogP contribution in [0.4, 0.5) is 0 Å². The molecule has 2 N–H and O–H groups in total. The summed E-state index contributed by atoms with van der Waals surface area (Å²) in [7, 11) is 0. The van der Waals surface area contributed by atoms with Gasteiger partial charge in [-0.2, -0.15) is 10.2 Å². The predicted molar refractivity (Wildman–Crippen MR) is 109 cm³/mol. The predicted octanol–water partition coefficient (Wildman–Crippen LogP) is 3.58. The van der Waals surface area contributed by atoms with Gasteiger partial charge >= 0.3 is 11.8 Å². The molecule has 29 heavy (non-hydrogen) atoms. The zero-order valence-electron chi connectivity index (χ0n) is 16.5. The van der Waals surface area contributed by atoms with Crippen LogP contribution in [0.1, 0.15) is 72.5 Å². The van der Waals surface area contributed by atoms with Crippen molar-refractivity contribution in [2.24, 2.45) is 45.7 Å². The van der Waals surface area contributed by atoms with Gasteiger partial charge in [-0.25, -0.2) is 10.9 Å². The van der Waals surface area contributed by atoms with Gasteiger partial charge in [-0.05, 0) is 86.2 Å². The summed E-state index contributed by atoms with van der Waals surface area (Å²) < 4.78 is 5.38. The molecular weight excluding hydrogens is 368 g/mol. The molecular formula is C22H28N4O3. The van der Waals surface area contributed by atoms with E-state index < -0.39 is 11.8 Å². The van der Waals surface area contributed by atoms with Crippen LogP contribution in [0.3, 0.4) is 0 Å². The average Bonchev–Trinajstić information content (AvgIpc) is 3.54. The van der Waals surface area contributed by atoms with Crippen molar-refractivity contribution in [2.75, 3.05) is 0 Å². The molecule has 7 nitrogen and oxygen atoms in total.